The van der Waals surface area contributed by atoms with E-state index in [1.54, 1.807) is 35.7 Å². The van der Waals surface area contributed by atoms with Gasteiger partial charge in [0.05, 0.1) is 31.2 Å². The van der Waals surface area contributed by atoms with E-state index >= 15 is 0 Å². The van der Waals surface area contributed by atoms with Crippen molar-refractivity contribution in [2.75, 3.05) is 39.4 Å². The zero-order chi connectivity index (χ0) is 26.2. The standard InChI is InChI=1S/C29H35N5O4/c35-27(21-32-17-13-31-23-32)33-14-4-3-9-29(22-38-24-6-5-12-30-20-24)10-15-34(16-11-29)28(36)25-7-1-2-8-26(25)37-19-18-33/h1-2,5-8,12-13,17,20,23H,3-4,9-11,14-16,18-19,21-22H2. The molecule has 0 atom stereocenters. The van der Waals surface area contributed by atoms with Crippen LogP contribution in [0.25, 0.3) is 0 Å². The first kappa shape index (κ1) is 25.8. The van der Waals surface area contributed by atoms with Gasteiger partial charge < -0.3 is 23.8 Å². The van der Waals surface area contributed by atoms with Gasteiger partial charge in [-0.05, 0) is 49.9 Å². The van der Waals surface area contributed by atoms with E-state index in [1.807, 2.05) is 46.2 Å². The topological polar surface area (TPSA) is 89.8 Å². The van der Waals surface area contributed by atoms with Gasteiger partial charge in [0.25, 0.3) is 5.91 Å². The summed E-state index contributed by atoms with van der Waals surface area (Å²) in [7, 11) is 0. The number of amides is 2. The first-order chi connectivity index (χ1) is 18.6. The van der Waals surface area contributed by atoms with Crippen LogP contribution in [0, 0.1) is 5.41 Å². The second kappa shape index (κ2) is 12.1. The molecule has 200 valence electrons. The maximum Gasteiger partial charge on any atom is 0.257 e. The third-order valence-corrected chi connectivity index (χ3v) is 7.64. The summed E-state index contributed by atoms with van der Waals surface area (Å²) in [6, 6.07) is 11.2. The fraction of sp³-hybridized carbons (Fsp3) is 0.448. The Morgan fingerprint density at radius 2 is 1.84 bits per heavy atom. The first-order valence-corrected chi connectivity index (χ1v) is 13.4. The monoisotopic (exact) mass is 517 g/mol. The number of carbonyl (C=O) groups is 2. The third-order valence-electron chi connectivity index (χ3n) is 7.64. The highest BCUT2D eigenvalue weighted by molar-refractivity contribution is 5.97. The van der Waals surface area contributed by atoms with Gasteiger partial charge in [0.2, 0.25) is 5.91 Å². The van der Waals surface area contributed by atoms with Gasteiger partial charge in [-0.15, -0.1) is 0 Å². The lowest BCUT2D eigenvalue weighted by molar-refractivity contribution is -0.132. The molecular weight excluding hydrogens is 482 g/mol. The minimum atomic E-state index is -0.0333. The first-order valence-electron chi connectivity index (χ1n) is 13.4. The SMILES string of the molecule is O=C(Cn1ccnc1)N1CCCCC2(COc3cccnc3)CCN(CC2)C(=O)c2ccccc2OCC1. The zero-order valence-electron chi connectivity index (χ0n) is 21.7. The quantitative estimate of drug-likeness (QED) is 0.513. The second-order valence-corrected chi connectivity index (χ2v) is 10.2. The maximum absolute atomic E-state index is 13.5. The zero-order valence-corrected chi connectivity index (χ0v) is 21.7. The lowest BCUT2D eigenvalue weighted by Crippen LogP contribution is -2.45. The molecule has 0 spiro atoms. The van der Waals surface area contributed by atoms with E-state index in [4.69, 9.17) is 9.47 Å². The average Bonchev–Trinajstić information content (AvgIpc) is 3.46. The van der Waals surface area contributed by atoms with Crippen LogP contribution in [0.2, 0.25) is 0 Å². The maximum atomic E-state index is 13.5. The van der Waals surface area contributed by atoms with E-state index in [-0.39, 0.29) is 23.8 Å². The molecule has 6 rings (SSSR count). The molecule has 1 saturated heterocycles. The number of ether oxygens (including phenoxy) is 2. The predicted molar refractivity (Wildman–Crippen MR) is 142 cm³/mol. The van der Waals surface area contributed by atoms with Crippen LogP contribution in [0.3, 0.4) is 0 Å². The van der Waals surface area contributed by atoms with Crippen molar-refractivity contribution in [1.82, 2.24) is 24.3 Å². The summed E-state index contributed by atoms with van der Waals surface area (Å²) in [5.41, 5.74) is 0.534. The highest BCUT2D eigenvalue weighted by Gasteiger charge is 2.37. The van der Waals surface area contributed by atoms with Gasteiger partial charge in [-0.1, -0.05) is 18.6 Å². The van der Waals surface area contributed by atoms with Crippen LogP contribution in [-0.4, -0.2) is 75.5 Å². The fourth-order valence-electron chi connectivity index (χ4n) is 5.33. The number of carbonyl (C=O) groups excluding carboxylic acids is 2. The summed E-state index contributed by atoms with van der Waals surface area (Å²) < 4.78 is 14.1. The molecule has 3 aliphatic rings. The molecule has 0 aliphatic carbocycles. The molecule has 2 amide bonds. The summed E-state index contributed by atoms with van der Waals surface area (Å²) in [6.45, 7) is 3.62. The summed E-state index contributed by atoms with van der Waals surface area (Å²) >= 11 is 0. The molecule has 2 bridgehead atoms. The Morgan fingerprint density at radius 1 is 0.974 bits per heavy atom. The predicted octanol–water partition coefficient (Wildman–Crippen LogP) is 3.67. The van der Waals surface area contributed by atoms with Gasteiger partial charge in [-0.3, -0.25) is 14.6 Å². The molecule has 3 aliphatic heterocycles. The summed E-state index contributed by atoms with van der Waals surface area (Å²) in [5.74, 6) is 1.34. The van der Waals surface area contributed by atoms with Gasteiger partial charge >= 0.3 is 0 Å². The van der Waals surface area contributed by atoms with Crippen LogP contribution in [0.15, 0.2) is 67.5 Å². The van der Waals surface area contributed by atoms with Crippen LogP contribution in [-0.2, 0) is 11.3 Å². The van der Waals surface area contributed by atoms with Crippen LogP contribution < -0.4 is 9.47 Å². The van der Waals surface area contributed by atoms with E-state index < -0.39 is 0 Å². The Balaban J connectivity index is 1.34. The van der Waals surface area contributed by atoms with Gasteiger partial charge in [0.1, 0.15) is 24.7 Å². The van der Waals surface area contributed by atoms with Gasteiger partial charge in [-0.25, -0.2) is 4.98 Å². The summed E-state index contributed by atoms with van der Waals surface area (Å²) in [6.07, 6.45) is 13.2. The van der Waals surface area contributed by atoms with Crippen molar-refractivity contribution in [1.29, 1.82) is 0 Å². The Hall–Kier alpha value is -3.88. The largest absolute Gasteiger partial charge is 0.491 e. The molecule has 9 nitrogen and oxygen atoms in total. The Bertz CT molecular complexity index is 1190. The van der Waals surface area contributed by atoms with Crippen molar-refractivity contribution in [3.8, 4) is 11.5 Å². The molecular formula is C29H35N5O4. The molecule has 5 heterocycles. The second-order valence-electron chi connectivity index (χ2n) is 10.2. The Morgan fingerprint density at radius 3 is 2.63 bits per heavy atom. The number of rotatable bonds is 5. The lowest BCUT2D eigenvalue weighted by atomic mass is 9.75. The Kier molecular flexibility index (Phi) is 8.21. The van der Waals surface area contributed by atoms with E-state index in [0.29, 0.717) is 50.7 Å². The minimum Gasteiger partial charge on any atom is -0.491 e. The average molecular weight is 518 g/mol. The van der Waals surface area contributed by atoms with Crippen LogP contribution in [0.4, 0.5) is 0 Å². The molecule has 1 aromatic carbocycles. The van der Waals surface area contributed by atoms with Crippen molar-refractivity contribution < 1.29 is 19.1 Å². The summed E-state index contributed by atoms with van der Waals surface area (Å²) in [4.78, 5) is 38.7. The Labute approximate surface area is 223 Å². The van der Waals surface area contributed by atoms with Gasteiger partial charge in [0, 0.05) is 43.6 Å². The van der Waals surface area contributed by atoms with Crippen molar-refractivity contribution in [2.45, 2.75) is 38.6 Å². The van der Waals surface area contributed by atoms with E-state index in [0.717, 1.165) is 37.9 Å². The molecule has 9 heteroatoms. The highest BCUT2D eigenvalue weighted by atomic mass is 16.5. The number of aromatic nitrogens is 3. The summed E-state index contributed by atoms with van der Waals surface area (Å²) in [5, 5.41) is 0. The molecule has 0 N–H and O–H groups in total. The third kappa shape index (κ3) is 6.33. The number of imidazole rings is 1. The fourth-order valence-corrected chi connectivity index (χ4v) is 5.33. The number of nitrogens with zero attached hydrogens (tertiary/aromatic N) is 5. The molecule has 1 fully saturated rings. The van der Waals surface area contributed by atoms with E-state index in [1.165, 1.54) is 0 Å². The van der Waals surface area contributed by atoms with Crippen LogP contribution in [0.5, 0.6) is 11.5 Å². The number of fused-ring (bicyclic) bond motifs is 9. The lowest BCUT2D eigenvalue weighted by Gasteiger charge is -2.42. The van der Waals surface area contributed by atoms with Gasteiger partial charge in [-0.2, -0.15) is 0 Å². The smallest absolute Gasteiger partial charge is 0.257 e. The highest BCUT2D eigenvalue weighted by Crippen LogP contribution is 2.38. The number of piperidine rings is 1. The van der Waals surface area contributed by atoms with Crippen molar-refractivity contribution in [2.24, 2.45) is 5.41 Å². The number of hydrogen-bond donors (Lipinski definition) is 0. The van der Waals surface area contributed by atoms with Crippen LogP contribution >= 0.6 is 0 Å². The molecule has 3 aromatic rings. The van der Waals surface area contributed by atoms with Crippen molar-refractivity contribution >= 4 is 11.8 Å². The van der Waals surface area contributed by atoms with Crippen molar-refractivity contribution in [3.63, 3.8) is 0 Å². The van der Waals surface area contributed by atoms with E-state index in [9.17, 15) is 9.59 Å². The molecule has 0 unspecified atom stereocenters. The molecule has 2 aromatic heterocycles. The number of benzene rings is 1. The normalized spacial score (nSPS) is 18.2. The molecule has 38 heavy (non-hydrogen) atoms. The van der Waals surface area contributed by atoms with E-state index in [2.05, 4.69) is 9.97 Å². The number of para-hydroxylation sites is 1. The van der Waals surface area contributed by atoms with Crippen molar-refractivity contribution in [3.05, 3.63) is 73.1 Å². The number of hydrogen-bond acceptors (Lipinski definition) is 6. The van der Waals surface area contributed by atoms with Crippen LogP contribution in [0.1, 0.15) is 42.5 Å². The molecule has 0 radical (unpaired) electrons. The minimum absolute atomic E-state index is 0.00899. The molecule has 0 saturated carbocycles. The van der Waals surface area contributed by atoms with Gasteiger partial charge in [0.15, 0.2) is 0 Å². The number of pyridine rings is 1.